The summed E-state index contributed by atoms with van der Waals surface area (Å²) in [5.74, 6) is 0.0110. The Balaban J connectivity index is 2.04. The van der Waals surface area contributed by atoms with Crippen LogP contribution in [0.2, 0.25) is 0 Å². The second-order valence-corrected chi connectivity index (χ2v) is 8.30. The number of hydrogen-bond acceptors (Lipinski definition) is 4. The van der Waals surface area contributed by atoms with Crippen LogP contribution in [0, 0.1) is 0 Å². The molecule has 0 unspecified atom stereocenters. The summed E-state index contributed by atoms with van der Waals surface area (Å²) in [6.07, 6.45) is 3.59. The molecule has 114 valence electrons. The molecule has 0 spiro atoms. The van der Waals surface area contributed by atoms with E-state index < -0.39 is 5.97 Å². The summed E-state index contributed by atoms with van der Waals surface area (Å²) < 4.78 is 0.221. The van der Waals surface area contributed by atoms with Gasteiger partial charge >= 0.3 is 5.97 Å². The van der Waals surface area contributed by atoms with Gasteiger partial charge in [0.15, 0.2) is 0 Å². The van der Waals surface area contributed by atoms with Gasteiger partial charge in [0.2, 0.25) is 0 Å². The Morgan fingerprint density at radius 1 is 1.38 bits per heavy atom. The van der Waals surface area contributed by atoms with E-state index >= 15 is 0 Å². The molecule has 6 heteroatoms. The SMILES string of the molecule is CC1(C)CCN(C(=O)c2csc(/C=C/C(=O)O)c2)CCS1. The zero-order chi connectivity index (χ0) is 15.5. The van der Waals surface area contributed by atoms with Crippen LogP contribution >= 0.6 is 23.1 Å². The maximum absolute atomic E-state index is 12.5. The monoisotopic (exact) mass is 325 g/mol. The first-order chi connectivity index (χ1) is 9.87. The smallest absolute Gasteiger partial charge is 0.328 e. The van der Waals surface area contributed by atoms with E-state index in [0.717, 1.165) is 36.2 Å². The summed E-state index contributed by atoms with van der Waals surface area (Å²) in [7, 11) is 0. The van der Waals surface area contributed by atoms with Crippen LogP contribution in [-0.2, 0) is 4.79 Å². The first kappa shape index (κ1) is 16.1. The maximum atomic E-state index is 12.5. The van der Waals surface area contributed by atoms with Crippen LogP contribution in [0.4, 0.5) is 0 Å². The molecule has 0 atom stereocenters. The molecule has 1 fully saturated rings. The molecule has 2 heterocycles. The van der Waals surface area contributed by atoms with Gasteiger partial charge in [-0.15, -0.1) is 11.3 Å². The van der Waals surface area contributed by atoms with Crippen LogP contribution in [0.15, 0.2) is 17.5 Å². The molecule has 1 aromatic rings. The van der Waals surface area contributed by atoms with Crippen LogP contribution in [0.5, 0.6) is 0 Å². The lowest BCUT2D eigenvalue weighted by atomic mass is 10.1. The molecule has 21 heavy (non-hydrogen) atoms. The highest BCUT2D eigenvalue weighted by Crippen LogP contribution is 2.31. The molecule has 0 saturated carbocycles. The molecule has 1 aliphatic heterocycles. The third-order valence-electron chi connectivity index (χ3n) is 3.38. The number of carbonyl (C=O) groups is 2. The van der Waals surface area contributed by atoms with Gasteiger partial charge in [0, 0.05) is 39.9 Å². The zero-order valence-corrected chi connectivity index (χ0v) is 13.8. The molecule has 2 rings (SSSR count). The second kappa shape index (κ2) is 6.66. The van der Waals surface area contributed by atoms with Crippen molar-refractivity contribution in [1.82, 2.24) is 4.90 Å². The topological polar surface area (TPSA) is 57.6 Å². The first-order valence-electron chi connectivity index (χ1n) is 6.80. The van der Waals surface area contributed by atoms with Crippen LogP contribution < -0.4 is 0 Å². The molecule has 1 aliphatic rings. The van der Waals surface area contributed by atoms with Crippen molar-refractivity contribution in [3.05, 3.63) is 28.0 Å². The summed E-state index contributed by atoms with van der Waals surface area (Å²) in [4.78, 5) is 25.7. The Kier molecular flexibility index (Phi) is 5.11. The molecule has 0 bridgehead atoms. The molecular formula is C15H19NO3S2. The van der Waals surface area contributed by atoms with Gasteiger partial charge in [0.25, 0.3) is 5.91 Å². The van der Waals surface area contributed by atoms with E-state index in [9.17, 15) is 9.59 Å². The van der Waals surface area contributed by atoms with Gasteiger partial charge in [-0.3, -0.25) is 4.79 Å². The van der Waals surface area contributed by atoms with E-state index in [2.05, 4.69) is 13.8 Å². The maximum Gasteiger partial charge on any atom is 0.328 e. The first-order valence-corrected chi connectivity index (χ1v) is 8.67. The average Bonchev–Trinajstić information content (AvgIpc) is 2.80. The Morgan fingerprint density at radius 2 is 2.14 bits per heavy atom. The molecule has 1 N–H and O–H groups in total. The van der Waals surface area contributed by atoms with Crippen molar-refractivity contribution >= 4 is 41.1 Å². The molecule has 1 aromatic heterocycles. The van der Waals surface area contributed by atoms with Crippen molar-refractivity contribution in [3.63, 3.8) is 0 Å². The van der Waals surface area contributed by atoms with Crippen LogP contribution in [-0.4, -0.2) is 45.5 Å². The standard InChI is InChI=1S/C15H19NO3S2/c1-15(2)5-6-16(7-8-21-15)14(19)11-9-12(20-10-11)3-4-13(17)18/h3-4,9-10H,5-8H2,1-2H3,(H,17,18)/b4-3+. The van der Waals surface area contributed by atoms with E-state index in [4.69, 9.17) is 5.11 Å². The van der Waals surface area contributed by atoms with E-state index in [0.29, 0.717) is 5.56 Å². The fourth-order valence-electron chi connectivity index (χ4n) is 2.11. The van der Waals surface area contributed by atoms with Crippen molar-refractivity contribution in [3.8, 4) is 0 Å². The highest BCUT2D eigenvalue weighted by atomic mass is 32.2. The van der Waals surface area contributed by atoms with Crippen LogP contribution in [0.25, 0.3) is 6.08 Å². The van der Waals surface area contributed by atoms with E-state index in [1.54, 1.807) is 11.4 Å². The van der Waals surface area contributed by atoms with Gasteiger partial charge in [0.05, 0.1) is 5.56 Å². The fraction of sp³-hybridized carbons (Fsp3) is 0.467. The lowest BCUT2D eigenvalue weighted by Gasteiger charge is -2.22. The Hall–Kier alpha value is -1.27. The number of hydrogen-bond donors (Lipinski definition) is 1. The van der Waals surface area contributed by atoms with Crippen molar-refractivity contribution in [2.75, 3.05) is 18.8 Å². The Labute approximate surface area is 132 Å². The highest BCUT2D eigenvalue weighted by molar-refractivity contribution is 8.00. The molecule has 1 saturated heterocycles. The number of aliphatic carboxylic acids is 1. The minimum atomic E-state index is -0.983. The Bertz CT molecular complexity index is 563. The lowest BCUT2D eigenvalue weighted by Crippen LogP contribution is -2.33. The van der Waals surface area contributed by atoms with Gasteiger partial charge < -0.3 is 10.0 Å². The van der Waals surface area contributed by atoms with E-state index in [-0.39, 0.29) is 10.7 Å². The minimum Gasteiger partial charge on any atom is -0.478 e. The largest absolute Gasteiger partial charge is 0.478 e. The van der Waals surface area contributed by atoms with Gasteiger partial charge in [-0.25, -0.2) is 4.79 Å². The Morgan fingerprint density at radius 3 is 2.86 bits per heavy atom. The predicted octanol–water partition coefficient (Wildman–Crippen LogP) is 3.20. The number of carboxylic acids is 1. The van der Waals surface area contributed by atoms with E-state index in [1.165, 1.54) is 17.4 Å². The number of carboxylic acid groups (broad SMARTS) is 1. The summed E-state index contributed by atoms with van der Waals surface area (Å²) in [5.41, 5.74) is 0.648. The van der Waals surface area contributed by atoms with Crippen molar-refractivity contribution in [1.29, 1.82) is 0 Å². The molecule has 0 aromatic carbocycles. The highest BCUT2D eigenvalue weighted by Gasteiger charge is 2.26. The minimum absolute atomic E-state index is 0.0412. The van der Waals surface area contributed by atoms with Crippen molar-refractivity contribution in [2.24, 2.45) is 0 Å². The van der Waals surface area contributed by atoms with Crippen LogP contribution in [0.1, 0.15) is 35.5 Å². The average molecular weight is 325 g/mol. The van der Waals surface area contributed by atoms with Gasteiger partial charge in [-0.2, -0.15) is 11.8 Å². The van der Waals surface area contributed by atoms with Crippen molar-refractivity contribution in [2.45, 2.75) is 25.0 Å². The summed E-state index contributed by atoms with van der Waals surface area (Å²) in [6.45, 7) is 5.97. The zero-order valence-electron chi connectivity index (χ0n) is 12.2. The number of carbonyl (C=O) groups excluding carboxylic acids is 1. The molecule has 0 radical (unpaired) electrons. The number of nitrogens with zero attached hydrogens (tertiary/aromatic N) is 1. The van der Waals surface area contributed by atoms with Gasteiger partial charge in [-0.1, -0.05) is 13.8 Å². The van der Waals surface area contributed by atoms with Crippen molar-refractivity contribution < 1.29 is 14.7 Å². The molecule has 4 nitrogen and oxygen atoms in total. The molecule has 0 aliphatic carbocycles. The molecule has 1 amide bonds. The quantitative estimate of drug-likeness (QED) is 0.867. The fourth-order valence-corrected chi connectivity index (χ4v) is 3.99. The summed E-state index contributed by atoms with van der Waals surface area (Å²) in [5, 5.41) is 10.4. The van der Waals surface area contributed by atoms with Gasteiger partial charge in [-0.05, 0) is 18.6 Å². The normalized spacial score (nSPS) is 18.7. The second-order valence-electron chi connectivity index (χ2n) is 5.56. The summed E-state index contributed by atoms with van der Waals surface area (Å²) >= 11 is 3.29. The number of rotatable bonds is 3. The third kappa shape index (κ3) is 4.61. The number of thiophene rings is 1. The van der Waals surface area contributed by atoms with E-state index in [1.807, 2.05) is 16.7 Å². The third-order valence-corrected chi connectivity index (χ3v) is 5.65. The lowest BCUT2D eigenvalue weighted by molar-refractivity contribution is -0.131. The molecular weight excluding hydrogens is 306 g/mol. The van der Waals surface area contributed by atoms with Crippen LogP contribution in [0.3, 0.4) is 0 Å². The predicted molar refractivity (Wildman–Crippen MR) is 88.0 cm³/mol. The number of thioether (sulfide) groups is 1. The van der Waals surface area contributed by atoms with Gasteiger partial charge in [0.1, 0.15) is 0 Å². The summed E-state index contributed by atoms with van der Waals surface area (Å²) in [6, 6.07) is 1.76. The number of amides is 1.